The summed E-state index contributed by atoms with van der Waals surface area (Å²) >= 11 is 0. The maximum Gasteiger partial charge on any atom is 0.245 e. The van der Waals surface area contributed by atoms with Crippen LogP contribution in [0.1, 0.15) is 64.9 Å². The Hall–Kier alpha value is -3.35. The second kappa shape index (κ2) is 13.8. The molecule has 3 N–H and O–H groups in total. The number of nitrogens with one attached hydrogen (secondary N) is 1. The Bertz CT molecular complexity index is 1040. The fourth-order valence-corrected chi connectivity index (χ4v) is 5.04. The van der Waals surface area contributed by atoms with Gasteiger partial charge in [-0.15, -0.1) is 0 Å². The van der Waals surface area contributed by atoms with Crippen LogP contribution in [0, 0.1) is 17.8 Å². The minimum absolute atomic E-state index is 0.0883. The van der Waals surface area contributed by atoms with E-state index in [1.165, 1.54) is 0 Å². The van der Waals surface area contributed by atoms with Crippen LogP contribution in [0.5, 0.6) is 11.5 Å². The third kappa shape index (κ3) is 8.34. The summed E-state index contributed by atoms with van der Waals surface area (Å²) in [4.78, 5) is 40.9. The van der Waals surface area contributed by atoms with Gasteiger partial charge < -0.3 is 20.7 Å². The molecule has 3 amide bonds. The number of carbonyl (C=O) groups excluding carboxylic acids is 3. The monoisotopic (exact) mass is 507 g/mol. The number of nitrogens with two attached hydrogens (primary N) is 1. The first-order valence-corrected chi connectivity index (χ1v) is 13.5. The van der Waals surface area contributed by atoms with Crippen molar-refractivity contribution in [2.75, 3.05) is 6.54 Å². The summed E-state index contributed by atoms with van der Waals surface area (Å²) in [7, 11) is 0. The summed E-state index contributed by atoms with van der Waals surface area (Å²) < 4.78 is 5.95. The molecule has 1 aliphatic rings. The van der Waals surface area contributed by atoms with Crippen LogP contribution in [0.3, 0.4) is 0 Å². The van der Waals surface area contributed by atoms with Crippen molar-refractivity contribution in [2.24, 2.45) is 23.5 Å². The predicted octanol–water partition coefficient (Wildman–Crippen LogP) is 5.04. The number of para-hydroxylation sites is 1. The highest BCUT2D eigenvalue weighted by Gasteiger charge is 2.35. The van der Waals surface area contributed by atoms with Crippen molar-refractivity contribution in [2.45, 2.75) is 71.9 Å². The van der Waals surface area contributed by atoms with Gasteiger partial charge >= 0.3 is 0 Å². The first-order valence-electron chi connectivity index (χ1n) is 13.5. The second-order valence-corrected chi connectivity index (χ2v) is 10.4. The molecule has 0 radical (unpaired) electrons. The molecule has 7 heteroatoms. The summed E-state index contributed by atoms with van der Waals surface area (Å²) in [6, 6.07) is 16.7. The number of hydrogen-bond donors (Lipinski definition) is 2. The molecule has 1 aliphatic heterocycles. The van der Waals surface area contributed by atoms with Crippen molar-refractivity contribution in [1.29, 1.82) is 0 Å². The quantitative estimate of drug-likeness (QED) is 0.420. The van der Waals surface area contributed by atoms with Crippen molar-refractivity contribution in [3.63, 3.8) is 0 Å². The lowest BCUT2D eigenvalue weighted by Crippen LogP contribution is -2.50. The molecule has 0 aliphatic carbocycles. The Labute approximate surface area is 220 Å². The SMILES string of the molecule is CCC[C@H](C(N)=O)C(CC(C)C)C(=O)NC1CCCCN(Cc2cccc(Oc3ccccc3)c2)C1=O. The van der Waals surface area contributed by atoms with Crippen LogP contribution in [0.25, 0.3) is 0 Å². The van der Waals surface area contributed by atoms with Gasteiger partial charge in [-0.2, -0.15) is 0 Å². The molecule has 37 heavy (non-hydrogen) atoms. The maximum absolute atomic E-state index is 13.5. The van der Waals surface area contributed by atoms with Gasteiger partial charge in [-0.3, -0.25) is 14.4 Å². The standard InChI is InChI=1S/C30H41N3O4/c1-4-11-25(28(31)34)26(18-21(2)3)29(35)32-27-16-8-9-17-33(30(27)36)20-22-12-10-15-24(19-22)37-23-13-6-5-7-14-23/h5-7,10,12-15,19,21,25-27H,4,8-9,11,16-18,20H2,1-3H3,(H2,31,34)(H,32,35)/t25-,26?,27?/m0/s1. The number of benzene rings is 2. The minimum atomic E-state index is -0.608. The molecule has 2 unspecified atom stereocenters. The van der Waals surface area contributed by atoms with Gasteiger partial charge in [0.2, 0.25) is 17.7 Å². The number of amides is 3. The Morgan fingerprint density at radius 3 is 2.46 bits per heavy atom. The third-order valence-corrected chi connectivity index (χ3v) is 6.86. The molecule has 200 valence electrons. The zero-order chi connectivity index (χ0) is 26.8. The van der Waals surface area contributed by atoms with Gasteiger partial charge in [0.15, 0.2) is 0 Å². The van der Waals surface area contributed by atoms with Crippen molar-refractivity contribution < 1.29 is 19.1 Å². The van der Waals surface area contributed by atoms with Crippen LogP contribution in [0.2, 0.25) is 0 Å². The van der Waals surface area contributed by atoms with Crippen LogP contribution < -0.4 is 15.8 Å². The van der Waals surface area contributed by atoms with Gasteiger partial charge in [0.05, 0.1) is 0 Å². The van der Waals surface area contributed by atoms with E-state index in [0.717, 1.165) is 30.6 Å². The van der Waals surface area contributed by atoms with E-state index < -0.39 is 23.8 Å². The molecule has 2 aromatic rings. The summed E-state index contributed by atoms with van der Waals surface area (Å²) in [5.41, 5.74) is 6.65. The van der Waals surface area contributed by atoms with E-state index in [0.29, 0.717) is 38.1 Å². The maximum atomic E-state index is 13.5. The molecule has 2 aromatic carbocycles. The van der Waals surface area contributed by atoms with Crippen molar-refractivity contribution in [1.82, 2.24) is 10.2 Å². The van der Waals surface area contributed by atoms with Gasteiger partial charge in [0, 0.05) is 24.9 Å². The smallest absolute Gasteiger partial charge is 0.245 e. The van der Waals surface area contributed by atoms with Gasteiger partial charge in [-0.25, -0.2) is 0 Å². The Morgan fingerprint density at radius 1 is 1.05 bits per heavy atom. The van der Waals surface area contributed by atoms with Crippen LogP contribution in [-0.2, 0) is 20.9 Å². The van der Waals surface area contributed by atoms with E-state index in [2.05, 4.69) is 5.32 Å². The Kier molecular flexibility index (Phi) is 10.5. The van der Waals surface area contributed by atoms with E-state index in [1.54, 1.807) is 0 Å². The number of carbonyl (C=O) groups is 3. The first-order chi connectivity index (χ1) is 17.8. The molecule has 1 saturated heterocycles. The number of likely N-dealkylation sites (tertiary alicyclic amines) is 1. The van der Waals surface area contributed by atoms with E-state index in [-0.39, 0.29) is 17.7 Å². The van der Waals surface area contributed by atoms with E-state index in [9.17, 15) is 14.4 Å². The molecule has 7 nitrogen and oxygen atoms in total. The third-order valence-electron chi connectivity index (χ3n) is 6.86. The van der Waals surface area contributed by atoms with Crippen molar-refractivity contribution >= 4 is 17.7 Å². The van der Waals surface area contributed by atoms with Gasteiger partial charge in [0.25, 0.3) is 0 Å². The lowest BCUT2D eigenvalue weighted by molar-refractivity contribution is -0.139. The highest BCUT2D eigenvalue weighted by atomic mass is 16.5. The highest BCUT2D eigenvalue weighted by Crippen LogP contribution is 2.27. The minimum Gasteiger partial charge on any atom is -0.457 e. The zero-order valence-electron chi connectivity index (χ0n) is 22.3. The van der Waals surface area contributed by atoms with Crippen LogP contribution in [-0.4, -0.2) is 35.2 Å². The van der Waals surface area contributed by atoms with Gasteiger partial charge in [-0.1, -0.05) is 57.5 Å². The van der Waals surface area contributed by atoms with Crippen molar-refractivity contribution in [3.8, 4) is 11.5 Å². The van der Waals surface area contributed by atoms with Crippen molar-refractivity contribution in [3.05, 3.63) is 60.2 Å². The van der Waals surface area contributed by atoms with E-state index in [4.69, 9.17) is 10.5 Å². The molecule has 1 heterocycles. The molecule has 0 bridgehead atoms. The lowest BCUT2D eigenvalue weighted by Gasteiger charge is -2.29. The molecule has 0 saturated carbocycles. The first kappa shape index (κ1) is 28.2. The van der Waals surface area contributed by atoms with Crippen LogP contribution in [0.15, 0.2) is 54.6 Å². The summed E-state index contributed by atoms with van der Waals surface area (Å²) in [5.74, 6) is -0.165. The van der Waals surface area contributed by atoms with E-state index in [1.807, 2.05) is 80.3 Å². The summed E-state index contributed by atoms with van der Waals surface area (Å²) in [6.45, 7) is 7.10. The predicted molar refractivity (Wildman–Crippen MR) is 145 cm³/mol. The molecular formula is C30H41N3O4. The second-order valence-electron chi connectivity index (χ2n) is 10.4. The highest BCUT2D eigenvalue weighted by molar-refractivity contribution is 5.91. The van der Waals surface area contributed by atoms with Gasteiger partial charge in [-0.05, 0) is 67.9 Å². The summed E-state index contributed by atoms with van der Waals surface area (Å²) in [5, 5.41) is 3.01. The fourth-order valence-electron chi connectivity index (χ4n) is 5.04. The Morgan fingerprint density at radius 2 is 1.78 bits per heavy atom. The Balaban J connectivity index is 1.71. The van der Waals surface area contributed by atoms with Crippen LogP contribution >= 0.6 is 0 Å². The topological polar surface area (TPSA) is 102 Å². The van der Waals surface area contributed by atoms with Gasteiger partial charge in [0.1, 0.15) is 17.5 Å². The average molecular weight is 508 g/mol. The zero-order valence-corrected chi connectivity index (χ0v) is 22.3. The molecule has 0 spiro atoms. The average Bonchev–Trinajstić information content (AvgIpc) is 3.03. The number of ether oxygens (including phenoxy) is 1. The number of hydrogen-bond acceptors (Lipinski definition) is 4. The normalized spacial score (nSPS) is 17.7. The molecule has 3 atom stereocenters. The number of nitrogens with zero attached hydrogens (tertiary/aromatic N) is 1. The largest absolute Gasteiger partial charge is 0.457 e. The lowest BCUT2D eigenvalue weighted by atomic mass is 9.81. The molecule has 0 aromatic heterocycles. The summed E-state index contributed by atoms with van der Waals surface area (Å²) in [6.07, 6.45) is 4.17. The van der Waals surface area contributed by atoms with Crippen LogP contribution in [0.4, 0.5) is 0 Å². The number of rotatable bonds is 12. The molecule has 3 rings (SSSR count). The molecular weight excluding hydrogens is 466 g/mol. The number of primary amides is 1. The fraction of sp³-hybridized carbons (Fsp3) is 0.500. The van der Waals surface area contributed by atoms with E-state index >= 15 is 0 Å². The molecule has 1 fully saturated rings.